The molecule has 3 rings (SSSR count). The molecule has 2 aromatic carbocycles. The average molecular weight is 417 g/mol. The SMILES string of the molecule is Cc1ccc(NC(=O)CN2C(=O)S/C(=C/c3cc(Cl)ccc3O)C2=O)cc1C. The van der Waals surface area contributed by atoms with Crippen LogP contribution in [0.5, 0.6) is 5.75 Å². The van der Waals surface area contributed by atoms with E-state index >= 15 is 0 Å². The van der Waals surface area contributed by atoms with Gasteiger partial charge in [-0.3, -0.25) is 19.3 Å². The number of anilines is 1. The number of phenols is 1. The summed E-state index contributed by atoms with van der Waals surface area (Å²) in [5, 5.41) is 12.4. The highest BCUT2D eigenvalue weighted by Crippen LogP contribution is 2.34. The van der Waals surface area contributed by atoms with Gasteiger partial charge in [0.1, 0.15) is 12.3 Å². The van der Waals surface area contributed by atoms with Gasteiger partial charge in [0, 0.05) is 16.3 Å². The Balaban J connectivity index is 1.72. The number of amides is 3. The Labute approximate surface area is 171 Å². The van der Waals surface area contributed by atoms with Crippen molar-refractivity contribution in [2.45, 2.75) is 13.8 Å². The zero-order chi connectivity index (χ0) is 20.4. The molecule has 1 aliphatic heterocycles. The summed E-state index contributed by atoms with van der Waals surface area (Å²) in [6.45, 7) is 3.50. The lowest BCUT2D eigenvalue weighted by Crippen LogP contribution is -2.36. The van der Waals surface area contributed by atoms with Crippen molar-refractivity contribution in [3.8, 4) is 5.75 Å². The maximum atomic E-state index is 12.5. The first-order chi connectivity index (χ1) is 13.2. The van der Waals surface area contributed by atoms with Gasteiger partial charge in [-0.15, -0.1) is 0 Å². The summed E-state index contributed by atoms with van der Waals surface area (Å²) in [7, 11) is 0. The van der Waals surface area contributed by atoms with Crippen molar-refractivity contribution in [3.05, 3.63) is 63.0 Å². The number of carbonyl (C=O) groups is 3. The maximum Gasteiger partial charge on any atom is 0.294 e. The van der Waals surface area contributed by atoms with E-state index in [1.165, 1.54) is 24.3 Å². The van der Waals surface area contributed by atoms with Gasteiger partial charge in [0.15, 0.2) is 0 Å². The molecule has 3 amide bonds. The number of carbonyl (C=O) groups excluding carboxylic acids is 3. The second-order valence-corrected chi connectivity index (χ2v) is 7.75. The monoisotopic (exact) mass is 416 g/mol. The minimum absolute atomic E-state index is 0.0660. The van der Waals surface area contributed by atoms with Crippen molar-refractivity contribution < 1.29 is 19.5 Å². The number of phenolic OH excluding ortho intramolecular Hbond substituents is 1. The van der Waals surface area contributed by atoms with E-state index in [0.717, 1.165) is 16.0 Å². The van der Waals surface area contributed by atoms with E-state index in [9.17, 15) is 19.5 Å². The normalized spacial score (nSPS) is 15.4. The topological polar surface area (TPSA) is 86.7 Å². The summed E-state index contributed by atoms with van der Waals surface area (Å²) in [5.74, 6) is -1.13. The van der Waals surface area contributed by atoms with E-state index in [1.807, 2.05) is 26.0 Å². The van der Waals surface area contributed by atoms with Gasteiger partial charge in [-0.25, -0.2) is 0 Å². The second-order valence-electron chi connectivity index (χ2n) is 6.32. The van der Waals surface area contributed by atoms with E-state index in [0.29, 0.717) is 28.0 Å². The number of hydrogen-bond donors (Lipinski definition) is 2. The first kappa shape index (κ1) is 20.0. The predicted molar refractivity (Wildman–Crippen MR) is 110 cm³/mol. The van der Waals surface area contributed by atoms with Gasteiger partial charge >= 0.3 is 0 Å². The minimum Gasteiger partial charge on any atom is -0.507 e. The van der Waals surface area contributed by atoms with Crippen molar-refractivity contribution in [2.75, 3.05) is 11.9 Å². The lowest BCUT2D eigenvalue weighted by Gasteiger charge is -2.13. The van der Waals surface area contributed by atoms with Crippen LogP contribution < -0.4 is 5.32 Å². The predicted octanol–water partition coefficient (Wildman–Crippen LogP) is 4.34. The highest BCUT2D eigenvalue weighted by Gasteiger charge is 2.36. The van der Waals surface area contributed by atoms with Crippen LogP contribution >= 0.6 is 23.4 Å². The molecule has 1 aliphatic rings. The van der Waals surface area contributed by atoms with Crippen molar-refractivity contribution in [3.63, 3.8) is 0 Å². The third-order valence-corrected chi connectivity index (χ3v) is 5.38. The zero-order valence-electron chi connectivity index (χ0n) is 15.2. The third-order valence-electron chi connectivity index (χ3n) is 4.24. The number of thioether (sulfide) groups is 1. The number of benzene rings is 2. The smallest absolute Gasteiger partial charge is 0.294 e. The molecule has 0 saturated carbocycles. The largest absolute Gasteiger partial charge is 0.507 e. The quantitative estimate of drug-likeness (QED) is 0.724. The van der Waals surface area contributed by atoms with Crippen LogP contribution in [-0.2, 0) is 9.59 Å². The molecule has 0 aromatic heterocycles. The molecule has 0 atom stereocenters. The van der Waals surface area contributed by atoms with Crippen LogP contribution in [0, 0.1) is 13.8 Å². The summed E-state index contributed by atoms with van der Waals surface area (Å²) in [5.41, 5.74) is 3.03. The average Bonchev–Trinajstić information content (AvgIpc) is 2.89. The molecular weight excluding hydrogens is 400 g/mol. The van der Waals surface area contributed by atoms with Gasteiger partial charge < -0.3 is 10.4 Å². The molecule has 1 heterocycles. The molecule has 0 aliphatic carbocycles. The van der Waals surface area contributed by atoms with Crippen molar-refractivity contribution in [1.82, 2.24) is 4.90 Å². The lowest BCUT2D eigenvalue weighted by atomic mass is 10.1. The Morgan fingerprint density at radius 3 is 2.64 bits per heavy atom. The fourth-order valence-electron chi connectivity index (χ4n) is 2.58. The molecule has 0 unspecified atom stereocenters. The Bertz CT molecular complexity index is 1020. The van der Waals surface area contributed by atoms with Gasteiger partial charge in [-0.05, 0) is 73.1 Å². The van der Waals surface area contributed by atoms with Crippen molar-refractivity contribution in [1.29, 1.82) is 0 Å². The van der Waals surface area contributed by atoms with Crippen LogP contribution in [0.2, 0.25) is 5.02 Å². The van der Waals surface area contributed by atoms with Crippen LogP contribution in [0.4, 0.5) is 10.5 Å². The molecule has 28 heavy (non-hydrogen) atoms. The van der Waals surface area contributed by atoms with Gasteiger partial charge in [0.05, 0.1) is 4.91 Å². The third kappa shape index (κ3) is 4.37. The number of aryl methyl sites for hydroxylation is 2. The van der Waals surface area contributed by atoms with E-state index in [4.69, 9.17) is 11.6 Å². The molecular formula is C20H17ClN2O4S. The van der Waals surface area contributed by atoms with Crippen LogP contribution in [0.1, 0.15) is 16.7 Å². The number of hydrogen-bond acceptors (Lipinski definition) is 5. The first-order valence-corrected chi connectivity index (χ1v) is 9.55. The van der Waals surface area contributed by atoms with Crippen molar-refractivity contribution in [2.24, 2.45) is 0 Å². The molecule has 0 spiro atoms. The van der Waals surface area contributed by atoms with E-state index in [2.05, 4.69) is 5.32 Å². The summed E-state index contributed by atoms with van der Waals surface area (Å²) < 4.78 is 0. The minimum atomic E-state index is -0.593. The highest BCUT2D eigenvalue weighted by atomic mass is 35.5. The zero-order valence-corrected chi connectivity index (χ0v) is 16.7. The molecule has 1 fully saturated rings. The molecule has 2 aromatic rings. The summed E-state index contributed by atoms with van der Waals surface area (Å²) in [6.07, 6.45) is 1.38. The van der Waals surface area contributed by atoms with Crippen molar-refractivity contribution >= 4 is 52.2 Å². The number of aromatic hydroxyl groups is 1. The number of imide groups is 1. The van der Waals surface area contributed by atoms with Crippen LogP contribution in [0.3, 0.4) is 0 Å². The van der Waals surface area contributed by atoms with Crippen LogP contribution in [-0.4, -0.2) is 33.6 Å². The molecule has 2 N–H and O–H groups in total. The Morgan fingerprint density at radius 2 is 1.93 bits per heavy atom. The Morgan fingerprint density at radius 1 is 1.18 bits per heavy atom. The molecule has 0 radical (unpaired) electrons. The first-order valence-electron chi connectivity index (χ1n) is 8.35. The second kappa shape index (κ2) is 8.08. The fraction of sp³-hybridized carbons (Fsp3) is 0.150. The van der Waals surface area contributed by atoms with Crippen LogP contribution in [0.25, 0.3) is 6.08 Å². The highest BCUT2D eigenvalue weighted by molar-refractivity contribution is 8.18. The molecule has 6 nitrogen and oxygen atoms in total. The summed E-state index contributed by atoms with van der Waals surface area (Å²) >= 11 is 6.61. The van der Waals surface area contributed by atoms with E-state index in [-0.39, 0.29) is 10.7 Å². The van der Waals surface area contributed by atoms with Gasteiger partial charge in [-0.2, -0.15) is 0 Å². The Hall–Kier alpha value is -2.77. The van der Waals surface area contributed by atoms with Gasteiger partial charge in [0.25, 0.3) is 11.1 Å². The van der Waals surface area contributed by atoms with E-state index < -0.39 is 23.6 Å². The molecule has 0 bridgehead atoms. The molecule has 144 valence electrons. The van der Waals surface area contributed by atoms with Gasteiger partial charge in [0.2, 0.25) is 5.91 Å². The molecule has 1 saturated heterocycles. The lowest BCUT2D eigenvalue weighted by molar-refractivity contribution is -0.127. The summed E-state index contributed by atoms with van der Waals surface area (Å²) in [6, 6.07) is 9.85. The van der Waals surface area contributed by atoms with Gasteiger partial charge in [-0.1, -0.05) is 17.7 Å². The standard InChI is InChI=1S/C20H17ClN2O4S/c1-11-3-5-15(7-12(11)2)22-18(25)10-23-19(26)17(28-20(23)27)9-13-8-14(21)4-6-16(13)24/h3-9,24H,10H2,1-2H3,(H,22,25)/b17-9+. The summed E-state index contributed by atoms with van der Waals surface area (Å²) in [4.78, 5) is 38.0. The van der Waals surface area contributed by atoms with E-state index in [1.54, 1.807) is 6.07 Å². The number of halogens is 1. The van der Waals surface area contributed by atoms with Crippen LogP contribution in [0.15, 0.2) is 41.3 Å². The number of nitrogens with zero attached hydrogens (tertiary/aromatic N) is 1. The molecule has 8 heteroatoms. The Kier molecular flexibility index (Phi) is 5.76. The number of rotatable bonds is 4. The fourth-order valence-corrected chi connectivity index (χ4v) is 3.59. The maximum absolute atomic E-state index is 12.5. The number of nitrogens with one attached hydrogen (secondary N) is 1.